The fourth-order valence-corrected chi connectivity index (χ4v) is 5.56. The summed E-state index contributed by atoms with van der Waals surface area (Å²) in [5.41, 5.74) is 7.03. The number of ether oxygens (including phenoxy) is 1. The quantitative estimate of drug-likeness (QED) is 0.469. The predicted molar refractivity (Wildman–Crippen MR) is 111 cm³/mol. The zero-order valence-corrected chi connectivity index (χ0v) is 17.3. The molecule has 9 heteroatoms. The van der Waals surface area contributed by atoms with Gasteiger partial charge in [0.1, 0.15) is 17.1 Å². The fraction of sp³-hybridized carbons (Fsp3) is 0.316. The molecule has 1 unspecified atom stereocenters. The van der Waals surface area contributed by atoms with E-state index in [1.807, 2.05) is 12.1 Å². The van der Waals surface area contributed by atoms with Crippen molar-refractivity contribution in [3.05, 3.63) is 45.1 Å². The summed E-state index contributed by atoms with van der Waals surface area (Å²) in [6.45, 7) is 1.90. The molecule has 0 fully saturated rings. The van der Waals surface area contributed by atoms with Crippen LogP contribution in [-0.2, 0) is 17.8 Å². The summed E-state index contributed by atoms with van der Waals surface area (Å²) >= 11 is 2.76. The van der Waals surface area contributed by atoms with E-state index in [-0.39, 0.29) is 11.3 Å². The van der Waals surface area contributed by atoms with Gasteiger partial charge in [0.15, 0.2) is 5.16 Å². The molecule has 0 radical (unpaired) electrons. The molecule has 1 amide bonds. The number of benzene rings is 1. The molecule has 4 rings (SSSR count). The SMILES string of the molecule is COc1ccc(-n2c(SCC(N)=O)nc3sc4c(c3c2=O)CC[NH+](C)C4)cc1. The van der Waals surface area contributed by atoms with Crippen LogP contribution in [0.25, 0.3) is 15.9 Å². The van der Waals surface area contributed by atoms with Crippen LogP contribution in [0.2, 0.25) is 0 Å². The lowest BCUT2D eigenvalue weighted by Gasteiger charge is -2.19. The first-order chi connectivity index (χ1) is 13.5. The van der Waals surface area contributed by atoms with Crippen LogP contribution < -0.4 is 20.9 Å². The van der Waals surface area contributed by atoms with E-state index in [0.717, 1.165) is 29.9 Å². The first kappa shape index (κ1) is 19.0. The van der Waals surface area contributed by atoms with Crippen LogP contribution in [-0.4, -0.2) is 41.9 Å². The molecule has 1 atom stereocenters. The number of fused-ring (bicyclic) bond motifs is 3. The molecule has 0 spiro atoms. The third-order valence-corrected chi connectivity index (χ3v) is 6.90. The van der Waals surface area contributed by atoms with Crippen LogP contribution in [0.3, 0.4) is 0 Å². The number of quaternary nitrogens is 1. The van der Waals surface area contributed by atoms with Crippen molar-refractivity contribution < 1.29 is 14.4 Å². The number of thiophene rings is 1. The van der Waals surface area contributed by atoms with Crippen LogP contribution in [0.1, 0.15) is 10.4 Å². The van der Waals surface area contributed by atoms with Crippen LogP contribution >= 0.6 is 23.1 Å². The number of thioether (sulfide) groups is 1. The van der Waals surface area contributed by atoms with E-state index in [1.165, 1.54) is 21.5 Å². The number of likely N-dealkylation sites (N-methyl/N-ethyl adjacent to an activating group) is 1. The van der Waals surface area contributed by atoms with Crippen LogP contribution in [0.5, 0.6) is 5.75 Å². The molecule has 3 heterocycles. The molecule has 1 aliphatic rings. The molecule has 1 aliphatic heterocycles. The molecule has 0 saturated carbocycles. The minimum atomic E-state index is -0.448. The van der Waals surface area contributed by atoms with E-state index in [9.17, 15) is 9.59 Å². The fourth-order valence-electron chi connectivity index (χ4n) is 3.43. The lowest BCUT2D eigenvalue weighted by atomic mass is 10.1. The lowest BCUT2D eigenvalue weighted by molar-refractivity contribution is -0.895. The topological polar surface area (TPSA) is 91.7 Å². The molecule has 2 aromatic heterocycles. The maximum Gasteiger partial charge on any atom is 0.267 e. The van der Waals surface area contributed by atoms with E-state index in [0.29, 0.717) is 22.0 Å². The minimum Gasteiger partial charge on any atom is -0.497 e. The Labute approximate surface area is 170 Å². The first-order valence-electron chi connectivity index (χ1n) is 8.92. The van der Waals surface area contributed by atoms with Gasteiger partial charge in [0.05, 0.1) is 42.4 Å². The average molecular weight is 418 g/mol. The maximum absolute atomic E-state index is 13.5. The van der Waals surface area contributed by atoms with E-state index in [4.69, 9.17) is 15.5 Å². The standard InChI is InChI=1S/C19H20N4O3S2/c1-22-8-7-13-14(9-22)28-17-16(13)18(25)23(19(21-17)27-10-15(20)24)11-3-5-12(26-2)6-4-11/h3-6H,7-10H2,1-2H3,(H2,20,24)/p+1. The highest BCUT2D eigenvalue weighted by Crippen LogP contribution is 2.31. The summed E-state index contributed by atoms with van der Waals surface area (Å²) in [6.07, 6.45) is 0.870. The third-order valence-electron chi connectivity index (χ3n) is 4.82. The second kappa shape index (κ2) is 7.57. The number of primary amides is 1. The molecule has 146 valence electrons. The second-order valence-corrected chi connectivity index (χ2v) is 8.83. The van der Waals surface area contributed by atoms with E-state index in [2.05, 4.69) is 7.05 Å². The van der Waals surface area contributed by atoms with Crippen molar-refractivity contribution in [3.8, 4) is 11.4 Å². The van der Waals surface area contributed by atoms with Gasteiger partial charge in [-0.1, -0.05) is 11.8 Å². The Balaban J connectivity index is 1.93. The summed E-state index contributed by atoms with van der Waals surface area (Å²) in [7, 11) is 3.75. The number of carbonyl (C=O) groups excluding carboxylic acids is 1. The van der Waals surface area contributed by atoms with Gasteiger partial charge in [-0.25, -0.2) is 4.98 Å². The smallest absolute Gasteiger partial charge is 0.267 e. The highest BCUT2D eigenvalue weighted by molar-refractivity contribution is 7.99. The van der Waals surface area contributed by atoms with Crippen LogP contribution in [0.15, 0.2) is 34.2 Å². The number of methoxy groups -OCH3 is 1. The molecule has 1 aromatic carbocycles. The Morgan fingerprint density at radius 2 is 2.14 bits per heavy atom. The van der Waals surface area contributed by atoms with E-state index in [1.54, 1.807) is 35.1 Å². The maximum atomic E-state index is 13.5. The van der Waals surface area contributed by atoms with Crippen molar-refractivity contribution in [1.29, 1.82) is 0 Å². The molecular formula is C19H21N4O3S2+. The van der Waals surface area contributed by atoms with Gasteiger partial charge in [-0.15, -0.1) is 11.3 Å². The first-order valence-corrected chi connectivity index (χ1v) is 10.7. The average Bonchev–Trinajstić information content (AvgIpc) is 3.04. The molecule has 7 nitrogen and oxygen atoms in total. The number of nitrogens with zero attached hydrogens (tertiary/aromatic N) is 2. The highest BCUT2D eigenvalue weighted by atomic mass is 32.2. The van der Waals surface area contributed by atoms with Crippen molar-refractivity contribution in [3.63, 3.8) is 0 Å². The van der Waals surface area contributed by atoms with E-state index >= 15 is 0 Å². The van der Waals surface area contributed by atoms with Crippen LogP contribution in [0, 0.1) is 0 Å². The van der Waals surface area contributed by atoms with Gasteiger partial charge in [0.25, 0.3) is 5.56 Å². The number of amides is 1. The van der Waals surface area contributed by atoms with Crippen LogP contribution in [0.4, 0.5) is 0 Å². The monoisotopic (exact) mass is 417 g/mol. The Kier molecular flexibility index (Phi) is 5.13. The summed E-state index contributed by atoms with van der Waals surface area (Å²) in [6, 6.07) is 7.24. The van der Waals surface area contributed by atoms with Crippen molar-refractivity contribution in [2.24, 2.45) is 5.73 Å². The number of rotatable bonds is 5. The number of nitrogens with one attached hydrogen (secondary N) is 1. The normalized spacial score (nSPS) is 16.1. The van der Waals surface area contributed by atoms with Gasteiger partial charge in [0.2, 0.25) is 5.91 Å². The number of carbonyl (C=O) groups is 1. The molecule has 0 saturated heterocycles. The summed E-state index contributed by atoms with van der Waals surface area (Å²) in [5.74, 6) is 0.318. The predicted octanol–water partition coefficient (Wildman–Crippen LogP) is 0.604. The summed E-state index contributed by atoms with van der Waals surface area (Å²) in [4.78, 5) is 33.0. The number of hydrogen-bond acceptors (Lipinski definition) is 6. The Bertz CT molecular complexity index is 1110. The molecule has 3 N–H and O–H groups in total. The van der Waals surface area contributed by atoms with Crippen molar-refractivity contribution >= 4 is 39.2 Å². The van der Waals surface area contributed by atoms with E-state index < -0.39 is 5.91 Å². The number of hydrogen-bond donors (Lipinski definition) is 2. The van der Waals surface area contributed by atoms with Gasteiger partial charge in [0, 0.05) is 6.42 Å². The second-order valence-electron chi connectivity index (χ2n) is 6.81. The molecule has 0 aliphatic carbocycles. The third kappa shape index (κ3) is 3.41. The zero-order valence-electron chi connectivity index (χ0n) is 15.7. The largest absolute Gasteiger partial charge is 0.497 e. The minimum absolute atomic E-state index is 0.0616. The Hall–Kier alpha value is -2.36. The number of nitrogens with two attached hydrogens (primary N) is 1. The van der Waals surface area contributed by atoms with Gasteiger partial charge < -0.3 is 15.4 Å². The van der Waals surface area contributed by atoms with Crippen molar-refractivity contribution in [2.45, 2.75) is 18.1 Å². The van der Waals surface area contributed by atoms with Gasteiger partial charge in [-0.3, -0.25) is 14.2 Å². The molecule has 28 heavy (non-hydrogen) atoms. The van der Waals surface area contributed by atoms with Gasteiger partial charge in [-0.2, -0.15) is 0 Å². The van der Waals surface area contributed by atoms with Crippen molar-refractivity contribution in [2.75, 3.05) is 26.5 Å². The molecule has 0 bridgehead atoms. The zero-order chi connectivity index (χ0) is 19.8. The number of aromatic nitrogens is 2. The van der Waals surface area contributed by atoms with Gasteiger partial charge >= 0.3 is 0 Å². The molecular weight excluding hydrogens is 396 g/mol. The van der Waals surface area contributed by atoms with Gasteiger partial charge in [-0.05, 0) is 29.8 Å². The highest BCUT2D eigenvalue weighted by Gasteiger charge is 2.26. The summed E-state index contributed by atoms with van der Waals surface area (Å²) in [5, 5.41) is 1.17. The Morgan fingerprint density at radius 1 is 1.39 bits per heavy atom. The lowest BCUT2D eigenvalue weighted by Crippen LogP contribution is -3.08. The van der Waals surface area contributed by atoms with Crippen molar-refractivity contribution in [1.82, 2.24) is 9.55 Å². The summed E-state index contributed by atoms with van der Waals surface area (Å²) < 4.78 is 6.79. The molecule has 3 aromatic rings. The Morgan fingerprint density at radius 3 is 2.82 bits per heavy atom.